The molecular weight excluding hydrogens is 148 g/mol. The van der Waals surface area contributed by atoms with E-state index in [1.165, 1.54) is 0 Å². The van der Waals surface area contributed by atoms with Gasteiger partial charge in [0.25, 0.3) is 0 Å². The zero-order chi connectivity index (χ0) is 8.81. The van der Waals surface area contributed by atoms with E-state index in [4.69, 9.17) is 5.73 Å². The van der Waals surface area contributed by atoms with Crippen LogP contribution >= 0.6 is 0 Å². The van der Waals surface area contributed by atoms with E-state index in [1.807, 2.05) is 37.3 Å². The van der Waals surface area contributed by atoms with Crippen LogP contribution in [0.25, 0.3) is 6.08 Å². The van der Waals surface area contributed by atoms with Gasteiger partial charge in [0.2, 0.25) is 0 Å². The monoisotopic (exact) mass is 162 g/mol. The van der Waals surface area contributed by atoms with E-state index in [1.54, 1.807) is 0 Å². The van der Waals surface area contributed by atoms with Crippen LogP contribution in [0.2, 0.25) is 0 Å². The minimum absolute atomic E-state index is 0.697. The van der Waals surface area contributed by atoms with Gasteiger partial charge in [-0.15, -0.1) is 0 Å². The van der Waals surface area contributed by atoms with Gasteiger partial charge in [-0.1, -0.05) is 12.1 Å². The quantitative estimate of drug-likeness (QED) is 0.735. The molecule has 0 bridgehead atoms. The number of pyridine rings is 1. The molecule has 12 heavy (non-hydrogen) atoms. The Morgan fingerprint density at radius 2 is 2.33 bits per heavy atom. The van der Waals surface area contributed by atoms with Crippen LogP contribution in [0.4, 0.5) is 0 Å². The average Bonchev–Trinajstić information content (AvgIpc) is 2.05. The van der Waals surface area contributed by atoms with Gasteiger partial charge in [-0.3, -0.25) is 4.98 Å². The normalized spacial score (nSPS) is 10.8. The van der Waals surface area contributed by atoms with Crippen molar-refractivity contribution in [1.29, 1.82) is 0 Å². The van der Waals surface area contributed by atoms with Crippen LogP contribution in [-0.2, 0) is 0 Å². The maximum absolute atomic E-state index is 5.35. The van der Waals surface area contributed by atoms with Crippen molar-refractivity contribution in [2.75, 3.05) is 6.54 Å². The summed E-state index contributed by atoms with van der Waals surface area (Å²) >= 11 is 0. The molecule has 1 rings (SSSR count). The third-order valence-corrected chi connectivity index (χ3v) is 1.53. The summed E-state index contributed by atoms with van der Waals surface area (Å²) in [4.78, 5) is 4.32. The number of aromatic nitrogens is 1. The van der Waals surface area contributed by atoms with Gasteiger partial charge in [-0.2, -0.15) is 0 Å². The molecule has 2 N–H and O–H groups in total. The van der Waals surface area contributed by atoms with Crippen LogP contribution in [-0.4, -0.2) is 11.5 Å². The fourth-order valence-electron chi connectivity index (χ4n) is 0.957. The van der Waals surface area contributed by atoms with Crippen LogP contribution in [0.1, 0.15) is 17.8 Å². The largest absolute Gasteiger partial charge is 0.330 e. The molecule has 0 aliphatic carbocycles. The fraction of sp³-hybridized carbons (Fsp3) is 0.300. The van der Waals surface area contributed by atoms with Gasteiger partial charge in [-0.05, 0) is 38.1 Å². The molecule has 0 radical (unpaired) electrons. The van der Waals surface area contributed by atoms with Crippen LogP contribution in [0.3, 0.4) is 0 Å². The van der Waals surface area contributed by atoms with Gasteiger partial charge in [0, 0.05) is 5.69 Å². The lowest BCUT2D eigenvalue weighted by molar-refractivity contribution is 1.01. The summed E-state index contributed by atoms with van der Waals surface area (Å²) in [6.07, 6.45) is 4.96. The second-order valence-electron chi connectivity index (χ2n) is 2.68. The van der Waals surface area contributed by atoms with Gasteiger partial charge in [0.15, 0.2) is 0 Å². The number of rotatable bonds is 3. The Bertz CT molecular complexity index is 266. The van der Waals surface area contributed by atoms with Gasteiger partial charge in [0.05, 0.1) is 5.69 Å². The summed E-state index contributed by atoms with van der Waals surface area (Å²) in [5.41, 5.74) is 7.40. The standard InChI is InChI=1S/C10H14N2/c1-9-5-4-7-10(12-9)6-2-3-8-11/h2,4-7H,3,8,11H2,1H3. The van der Waals surface area contributed by atoms with E-state index in [9.17, 15) is 0 Å². The third kappa shape index (κ3) is 2.84. The van der Waals surface area contributed by atoms with Crippen molar-refractivity contribution in [3.05, 3.63) is 35.7 Å². The molecule has 0 saturated carbocycles. The van der Waals surface area contributed by atoms with E-state index in [-0.39, 0.29) is 0 Å². The molecule has 0 atom stereocenters. The maximum atomic E-state index is 5.35. The van der Waals surface area contributed by atoms with Crippen LogP contribution < -0.4 is 5.73 Å². The van der Waals surface area contributed by atoms with E-state index >= 15 is 0 Å². The molecule has 0 aliphatic rings. The van der Waals surface area contributed by atoms with Gasteiger partial charge >= 0.3 is 0 Å². The molecule has 64 valence electrons. The molecule has 1 heterocycles. The Hall–Kier alpha value is -1.15. The van der Waals surface area contributed by atoms with Crippen molar-refractivity contribution in [1.82, 2.24) is 4.98 Å². The Labute approximate surface area is 73.1 Å². The highest BCUT2D eigenvalue weighted by Crippen LogP contribution is 2.00. The second kappa shape index (κ2) is 4.67. The molecule has 1 aromatic rings. The maximum Gasteiger partial charge on any atom is 0.0629 e. The first-order valence-electron chi connectivity index (χ1n) is 4.13. The highest BCUT2D eigenvalue weighted by molar-refractivity contribution is 5.44. The van der Waals surface area contributed by atoms with Gasteiger partial charge in [0.1, 0.15) is 0 Å². The predicted molar refractivity (Wildman–Crippen MR) is 51.7 cm³/mol. The SMILES string of the molecule is Cc1cccc(C=CCCN)n1. The number of nitrogens with two attached hydrogens (primary N) is 1. The first-order valence-corrected chi connectivity index (χ1v) is 4.13. The van der Waals surface area contributed by atoms with Crippen molar-refractivity contribution in [3.8, 4) is 0 Å². The lowest BCUT2D eigenvalue weighted by Gasteiger charge is -1.93. The van der Waals surface area contributed by atoms with Crippen LogP contribution in [0.5, 0.6) is 0 Å². The molecule has 0 spiro atoms. The highest BCUT2D eigenvalue weighted by Gasteiger charge is 1.87. The van der Waals surface area contributed by atoms with E-state index in [0.717, 1.165) is 17.8 Å². The zero-order valence-corrected chi connectivity index (χ0v) is 7.33. The molecule has 2 nitrogen and oxygen atoms in total. The topological polar surface area (TPSA) is 38.9 Å². The molecule has 0 aliphatic heterocycles. The summed E-state index contributed by atoms with van der Waals surface area (Å²) in [6.45, 7) is 2.68. The third-order valence-electron chi connectivity index (χ3n) is 1.53. The molecular formula is C10H14N2. The minimum Gasteiger partial charge on any atom is -0.330 e. The van der Waals surface area contributed by atoms with Crippen LogP contribution in [0.15, 0.2) is 24.3 Å². The van der Waals surface area contributed by atoms with Crippen molar-refractivity contribution in [3.63, 3.8) is 0 Å². The molecule has 0 saturated heterocycles. The molecule has 0 aromatic carbocycles. The summed E-state index contributed by atoms with van der Waals surface area (Å²) in [6, 6.07) is 5.98. The fourth-order valence-corrected chi connectivity index (χ4v) is 0.957. The summed E-state index contributed by atoms with van der Waals surface area (Å²) in [7, 11) is 0. The molecule has 0 unspecified atom stereocenters. The average molecular weight is 162 g/mol. The second-order valence-corrected chi connectivity index (χ2v) is 2.68. The first kappa shape index (κ1) is 8.94. The van der Waals surface area contributed by atoms with Gasteiger partial charge < -0.3 is 5.73 Å². The number of hydrogen-bond donors (Lipinski definition) is 1. The van der Waals surface area contributed by atoms with E-state index in [2.05, 4.69) is 4.98 Å². The van der Waals surface area contributed by atoms with Gasteiger partial charge in [-0.25, -0.2) is 0 Å². The minimum atomic E-state index is 0.697. The molecule has 0 fully saturated rings. The lowest BCUT2D eigenvalue weighted by Crippen LogP contribution is -1.95. The predicted octanol–water partition coefficient (Wildman–Crippen LogP) is 1.75. The molecule has 2 heteroatoms. The Morgan fingerprint density at radius 1 is 1.50 bits per heavy atom. The van der Waals surface area contributed by atoms with E-state index < -0.39 is 0 Å². The molecule has 1 aromatic heterocycles. The summed E-state index contributed by atoms with van der Waals surface area (Å²) in [5.74, 6) is 0. The van der Waals surface area contributed by atoms with Crippen molar-refractivity contribution in [2.24, 2.45) is 5.73 Å². The van der Waals surface area contributed by atoms with Crippen molar-refractivity contribution < 1.29 is 0 Å². The highest BCUT2D eigenvalue weighted by atomic mass is 14.7. The smallest absolute Gasteiger partial charge is 0.0629 e. The van der Waals surface area contributed by atoms with Crippen molar-refractivity contribution >= 4 is 6.08 Å². The zero-order valence-electron chi connectivity index (χ0n) is 7.33. The summed E-state index contributed by atoms with van der Waals surface area (Å²) < 4.78 is 0. The Morgan fingerprint density at radius 3 is 3.00 bits per heavy atom. The first-order chi connectivity index (χ1) is 5.83. The Balaban J connectivity index is 2.63. The van der Waals surface area contributed by atoms with E-state index in [0.29, 0.717) is 6.54 Å². The summed E-state index contributed by atoms with van der Waals surface area (Å²) in [5, 5.41) is 0. The number of aryl methyl sites for hydroxylation is 1. The number of nitrogens with zero attached hydrogens (tertiary/aromatic N) is 1. The lowest BCUT2D eigenvalue weighted by atomic mass is 10.3. The molecule has 0 amide bonds. The Kier molecular flexibility index (Phi) is 3.48. The van der Waals surface area contributed by atoms with Crippen LogP contribution in [0, 0.1) is 6.92 Å². The van der Waals surface area contributed by atoms with Crippen molar-refractivity contribution in [2.45, 2.75) is 13.3 Å². The number of hydrogen-bond acceptors (Lipinski definition) is 2.